The van der Waals surface area contributed by atoms with Gasteiger partial charge in [-0.15, -0.1) is 6.42 Å². The van der Waals surface area contributed by atoms with Crippen LogP contribution in [0, 0.1) is 29.2 Å². The van der Waals surface area contributed by atoms with Gasteiger partial charge >= 0.3 is 0 Å². The van der Waals surface area contributed by atoms with Crippen molar-refractivity contribution in [2.75, 3.05) is 24.6 Å². The van der Waals surface area contributed by atoms with E-state index >= 15 is 0 Å². The van der Waals surface area contributed by atoms with Gasteiger partial charge in [-0.3, -0.25) is 0 Å². The predicted octanol–water partition coefficient (Wildman–Crippen LogP) is 0.960. The Morgan fingerprint density at radius 1 is 1.39 bits per heavy atom. The molecule has 7 heteroatoms. The predicted molar refractivity (Wildman–Crippen MR) is 80.8 cm³/mol. The van der Waals surface area contributed by atoms with Crippen LogP contribution in [0.1, 0.15) is 13.8 Å². The van der Waals surface area contributed by atoms with Crippen molar-refractivity contribution in [3.8, 4) is 18.5 Å². The Morgan fingerprint density at radius 3 is 2.56 bits per heavy atom. The van der Waals surface area contributed by atoms with Crippen LogP contribution in [0.4, 0.5) is 0 Å². The highest BCUT2D eigenvalue weighted by Gasteiger charge is 2.19. The van der Waals surface area contributed by atoms with Gasteiger partial charge in [0.2, 0.25) is 0 Å². The van der Waals surface area contributed by atoms with Gasteiger partial charge in [-0.1, -0.05) is 27.5 Å². The van der Waals surface area contributed by atoms with Gasteiger partial charge in [0, 0.05) is 24.6 Å². The SMILES string of the molecule is C#CC(C)(C)/C(N)=N/NCCSSCCNC#N. The summed E-state index contributed by atoms with van der Waals surface area (Å²) in [5.41, 5.74) is 8.13. The number of amidine groups is 1. The molecule has 0 unspecified atom stereocenters. The largest absolute Gasteiger partial charge is 0.384 e. The molecule has 0 atom stereocenters. The molecule has 0 fully saturated rings. The lowest BCUT2D eigenvalue weighted by molar-refractivity contribution is 0.672. The standard InChI is InChI=1S/C11H19N5S2/c1-4-11(2,3)10(13)16-15-6-8-18-17-7-5-14-9-12/h1,14-15H,5-8H2,2-3H3,(H2,13,16). The number of rotatable bonds is 9. The maximum Gasteiger partial charge on any atom is 0.176 e. The molecule has 0 heterocycles. The van der Waals surface area contributed by atoms with Crippen molar-refractivity contribution in [3.05, 3.63) is 0 Å². The van der Waals surface area contributed by atoms with E-state index in [1.54, 1.807) is 21.6 Å². The van der Waals surface area contributed by atoms with Crippen LogP contribution in [0.2, 0.25) is 0 Å². The minimum absolute atomic E-state index is 0.417. The Bertz CT molecular complexity index is 340. The Balaban J connectivity index is 3.55. The van der Waals surface area contributed by atoms with Gasteiger partial charge in [0.15, 0.2) is 6.19 Å². The molecule has 0 aromatic carbocycles. The molecular weight excluding hydrogens is 266 g/mol. The van der Waals surface area contributed by atoms with Gasteiger partial charge in [-0.2, -0.15) is 10.4 Å². The quantitative estimate of drug-likeness (QED) is 0.0855. The lowest BCUT2D eigenvalue weighted by atomic mass is 9.94. The van der Waals surface area contributed by atoms with Crippen molar-refractivity contribution in [2.45, 2.75) is 13.8 Å². The first-order chi connectivity index (χ1) is 8.54. The molecule has 100 valence electrons. The van der Waals surface area contributed by atoms with Crippen LogP contribution >= 0.6 is 21.6 Å². The summed E-state index contributed by atoms with van der Waals surface area (Å²) in [4.78, 5) is 0. The van der Waals surface area contributed by atoms with E-state index in [-0.39, 0.29) is 0 Å². The lowest BCUT2D eigenvalue weighted by Gasteiger charge is -2.16. The highest BCUT2D eigenvalue weighted by atomic mass is 33.1. The third kappa shape index (κ3) is 7.99. The van der Waals surface area contributed by atoms with Crippen molar-refractivity contribution >= 4 is 27.4 Å². The van der Waals surface area contributed by atoms with E-state index in [9.17, 15) is 0 Å². The summed E-state index contributed by atoms with van der Waals surface area (Å²) in [6.07, 6.45) is 7.22. The van der Waals surface area contributed by atoms with E-state index in [4.69, 9.17) is 17.4 Å². The molecule has 0 aromatic heterocycles. The number of hydrogen-bond acceptors (Lipinski definition) is 6. The summed E-state index contributed by atoms with van der Waals surface area (Å²) < 4.78 is 0. The Morgan fingerprint density at radius 2 is 2.00 bits per heavy atom. The highest BCUT2D eigenvalue weighted by Crippen LogP contribution is 2.19. The molecule has 0 aliphatic carbocycles. The number of hydrazone groups is 1. The Labute approximate surface area is 117 Å². The highest BCUT2D eigenvalue weighted by molar-refractivity contribution is 8.76. The molecule has 4 N–H and O–H groups in total. The maximum atomic E-state index is 8.25. The van der Waals surface area contributed by atoms with Crippen LogP contribution in [-0.2, 0) is 0 Å². The van der Waals surface area contributed by atoms with Gasteiger partial charge in [0.1, 0.15) is 5.84 Å². The second-order valence-electron chi connectivity index (χ2n) is 3.86. The fourth-order valence-electron chi connectivity index (χ4n) is 0.709. The van der Waals surface area contributed by atoms with E-state index in [0.29, 0.717) is 12.4 Å². The zero-order valence-corrected chi connectivity index (χ0v) is 12.3. The summed E-state index contributed by atoms with van der Waals surface area (Å²) in [5, 5.41) is 14.9. The third-order valence-electron chi connectivity index (χ3n) is 1.97. The van der Waals surface area contributed by atoms with Crippen molar-refractivity contribution in [1.29, 1.82) is 5.26 Å². The molecule has 0 rings (SSSR count). The van der Waals surface area contributed by atoms with Gasteiger partial charge in [0.25, 0.3) is 0 Å². The molecule has 0 radical (unpaired) electrons. The normalized spacial score (nSPS) is 11.4. The number of nitrogens with zero attached hydrogens (tertiary/aromatic N) is 2. The fraction of sp³-hybridized carbons (Fsp3) is 0.636. The molecule has 18 heavy (non-hydrogen) atoms. The van der Waals surface area contributed by atoms with Crippen molar-refractivity contribution in [2.24, 2.45) is 16.3 Å². The van der Waals surface area contributed by atoms with E-state index in [0.717, 1.165) is 18.1 Å². The molecular formula is C11H19N5S2. The molecule has 0 saturated heterocycles. The topological polar surface area (TPSA) is 86.2 Å². The van der Waals surface area contributed by atoms with Crippen LogP contribution in [0.25, 0.3) is 0 Å². The number of terminal acetylenes is 1. The lowest BCUT2D eigenvalue weighted by Crippen LogP contribution is -2.33. The van der Waals surface area contributed by atoms with Crippen LogP contribution in [0.15, 0.2) is 5.10 Å². The third-order valence-corrected chi connectivity index (χ3v) is 4.38. The van der Waals surface area contributed by atoms with Gasteiger partial charge < -0.3 is 16.5 Å². The Kier molecular flexibility index (Phi) is 9.17. The average molecular weight is 285 g/mol. The summed E-state index contributed by atoms with van der Waals surface area (Å²) >= 11 is 0. The average Bonchev–Trinajstić information content (AvgIpc) is 2.36. The molecule has 0 aliphatic heterocycles. The second-order valence-corrected chi connectivity index (χ2v) is 6.56. The minimum Gasteiger partial charge on any atom is -0.384 e. The van der Waals surface area contributed by atoms with E-state index in [1.165, 1.54) is 0 Å². The van der Waals surface area contributed by atoms with Crippen molar-refractivity contribution in [1.82, 2.24) is 10.7 Å². The minimum atomic E-state index is -0.516. The molecule has 0 aromatic rings. The van der Waals surface area contributed by atoms with Crippen LogP contribution in [0.5, 0.6) is 0 Å². The van der Waals surface area contributed by atoms with Crippen molar-refractivity contribution < 1.29 is 0 Å². The summed E-state index contributed by atoms with van der Waals surface area (Å²) in [5.74, 6) is 4.80. The monoisotopic (exact) mass is 285 g/mol. The molecule has 5 nitrogen and oxygen atoms in total. The van der Waals surface area contributed by atoms with Crippen LogP contribution in [0.3, 0.4) is 0 Å². The zero-order chi connectivity index (χ0) is 13.9. The summed E-state index contributed by atoms with van der Waals surface area (Å²) in [6, 6.07) is 0. The number of nitrogens with two attached hydrogens (primary N) is 1. The number of hydrogen-bond donors (Lipinski definition) is 3. The maximum absolute atomic E-state index is 8.25. The first-order valence-corrected chi connectivity index (χ1v) is 7.94. The molecule has 0 saturated carbocycles. The molecule has 0 amide bonds. The number of nitriles is 1. The summed E-state index contributed by atoms with van der Waals surface area (Å²) in [6.45, 7) is 5.12. The molecule has 0 spiro atoms. The Hall–Kier alpha value is -1.18. The van der Waals surface area contributed by atoms with Crippen LogP contribution < -0.4 is 16.5 Å². The van der Waals surface area contributed by atoms with Crippen LogP contribution in [-0.4, -0.2) is 30.4 Å². The van der Waals surface area contributed by atoms with E-state index in [1.807, 2.05) is 20.0 Å². The van der Waals surface area contributed by atoms with Crippen molar-refractivity contribution in [3.63, 3.8) is 0 Å². The van der Waals surface area contributed by atoms with Gasteiger partial charge in [0.05, 0.1) is 5.41 Å². The van der Waals surface area contributed by atoms with Gasteiger partial charge in [-0.25, -0.2) is 0 Å². The smallest absolute Gasteiger partial charge is 0.176 e. The van der Waals surface area contributed by atoms with E-state index in [2.05, 4.69) is 21.8 Å². The number of nitrogens with one attached hydrogen (secondary N) is 2. The molecule has 0 bridgehead atoms. The fourth-order valence-corrected chi connectivity index (χ4v) is 2.51. The summed E-state index contributed by atoms with van der Waals surface area (Å²) in [7, 11) is 3.44. The zero-order valence-electron chi connectivity index (χ0n) is 10.7. The first kappa shape index (κ1) is 16.8. The van der Waals surface area contributed by atoms with E-state index < -0.39 is 5.41 Å². The second kappa shape index (κ2) is 9.81. The van der Waals surface area contributed by atoms with Gasteiger partial charge in [-0.05, 0) is 13.8 Å². The molecule has 0 aliphatic rings. The first-order valence-electron chi connectivity index (χ1n) is 5.45.